The zero-order valence-electron chi connectivity index (χ0n) is 15.9. The lowest BCUT2D eigenvalue weighted by Crippen LogP contribution is -2.44. The van der Waals surface area contributed by atoms with Crippen molar-refractivity contribution in [3.8, 4) is 5.75 Å². The molecule has 144 valence electrons. The number of ether oxygens (including phenoxy) is 1. The second-order valence-corrected chi connectivity index (χ2v) is 7.29. The van der Waals surface area contributed by atoms with Crippen molar-refractivity contribution < 1.29 is 9.53 Å². The van der Waals surface area contributed by atoms with E-state index in [4.69, 9.17) is 16.3 Å². The number of amides is 1. The predicted molar refractivity (Wildman–Crippen MR) is 109 cm³/mol. The normalized spacial score (nSPS) is 16.1. The van der Waals surface area contributed by atoms with Crippen LogP contribution in [-0.4, -0.2) is 55.1 Å². The molecule has 1 amide bonds. The molecule has 7 heteroatoms. The van der Waals surface area contributed by atoms with E-state index in [0.29, 0.717) is 16.5 Å². The number of pyridine rings is 1. The number of nitrogens with zero attached hydrogens (tertiary/aromatic N) is 3. The highest BCUT2D eigenvalue weighted by Crippen LogP contribution is 2.23. The first-order valence-corrected chi connectivity index (χ1v) is 9.43. The third-order valence-electron chi connectivity index (χ3n) is 4.65. The van der Waals surface area contributed by atoms with Crippen molar-refractivity contribution in [3.05, 3.63) is 47.1 Å². The quantitative estimate of drug-likeness (QED) is 0.852. The Balaban J connectivity index is 1.57. The number of benzene rings is 1. The number of halogens is 1. The van der Waals surface area contributed by atoms with Crippen molar-refractivity contribution in [1.82, 2.24) is 9.88 Å². The van der Waals surface area contributed by atoms with E-state index in [9.17, 15) is 4.79 Å². The molecule has 1 unspecified atom stereocenters. The third kappa shape index (κ3) is 5.11. The van der Waals surface area contributed by atoms with Crippen LogP contribution in [0.5, 0.6) is 5.75 Å². The highest BCUT2D eigenvalue weighted by Gasteiger charge is 2.18. The highest BCUT2D eigenvalue weighted by atomic mass is 35.5. The van der Waals surface area contributed by atoms with Crippen LogP contribution >= 0.6 is 11.6 Å². The van der Waals surface area contributed by atoms with Crippen LogP contribution in [0, 0.1) is 6.92 Å². The predicted octanol–water partition coefficient (Wildman–Crippen LogP) is 3.20. The fourth-order valence-corrected chi connectivity index (χ4v) is 3.14. The van der Waals surface area contributed by atoms with Crippen LogP contribution in [0.1, 0.15) is 12.5 Å². The Bertz CT molecular complexity index is 789. The maximum Gasteiger partial charge on any atom is 0.265 e. The molecule has 1 fully saturated rings. The van der Waals surface area contributed by atoms with Gasteiger partial charge in [0.05, 0.1) is 11.9 Å². The van der Waals surface area contributed by atoms with E-state index in [1.54, 1.807) is 25.3 Å². The van der Waals surface area contributed by atoms with Crippen molar-refractivity contribution in [2.24, 2.45) is 0 Å². The van der Waals surface area contributed by atoms with Gasteiger partial charge in [0.2, 0.25) is 0 Å². The van der Waals surface area contributed by atoms with Gasteiger partial charge in [0.15, 0.2) is 6.10 Å². The van der Waals surface area contributed by atoms with Crippen molar-refractivity contribution >= 4 is 29.0 Å². The van der Waals surface area contributed by atoms with E-state index in [1.807, 2.05) is 25.1 Å². The van der Waals surface area contributed by atoms with Gasteiger partial charge in [-0.2, -0.15) is 0 Å². The summed E-state index contributed by atoms with van der Waals surface area (Å²) in [6, 6.07) is 9.14. The van der Waals surface area contributed by atoms with Gasteiger partial charge in [0.25, 0.3) is 5.91 Å². The van der Waals surface area contributed by atoms with E-state index >= 15 is 0 Å². The van der Waals surface area contributed by atoms with Gasteiger partial charge in [0.1, 0.15) is 11.6 Å². The van der Waals surface area contributed by atoms with Crippen molar-refractivity contribution in [2.45, 2.75) is 20.0 Å². The maximum atomic E-state index is 12.4. The molecule has 1 aliphatic heterocycles. The average Bonchev–Trinajstić information content (AvgIpc) is 2.65. The highest BCUT2D eigenvalue weighted by molar-refractivity contribution is 6.30. The van der Waals surface area contributed by atoms with Crippen LogP contribution in [-0.2, 0) is 4.79 Å². The van der Waals surface area contributed by atoms with Gasteiger partial charge in [-0.1, -0.05) is 11.6 Å². The van der Waals surface area contributed by atoms with Gasteiger partial charge < -0.3 is 19.9 Å². The maximum absolute atomic E-state index is 12.4. The van der Waals surface area contributed by atoms with Crippen molar-refractivity contribution in [1.29, 1.82) is 0 Å². The molecule has 1 atom stereocenters. The summed E-state index contributed by atoms with van der Waals surface area (Å²) in [4.78, 5) is 21.4. The molecular weight excluding hydrogens is 364 g/mol. The Hall–Kier alpha value is -2.31. The molecule has 1 aromatic heterocycles. The average molecular weight is 389 g/mol. The SMILES string of the molecule is Cc1cc(Cl)ccc1OC(C)C(=O)Nc1ccc(N2CCN(C)CC2)nc1. The molecule has 0 radical (unpaired) electrons. The number of piperazine rings is 1. The number of hydrogen-bond acceptors (Lipinski definition) is 5. The van der Waals surface area contributed by atoms with Crippen molar-refractivity contribution in [2.75, 3.05) is 43.4 Å². The molecular formula is C20H25ClN4O2. The summed E-state index contributed by atoms with van der Waals surface area (Å²) < 4.78 is 5.76. The van der Waals surface area contributed by atoms with Gasteiger partial charge in [-0.25, -0.2) is 4.98 Å². The fraction of sp³-hybridized carbons (Fsp3) is 0.400. The van der Waals surface area contributed by atoms with Crippen molar-refractivity contribution in [3.63, 3.8) is 0 Å². The van der Waals surface area contributed by atoms with Crippen LogP contribution in [0.15, 0.2) is 36.5 Å². The fourth-order valence-electron chi connectivity index (χ4n) is 2.92. The second-order valence-electron chi connectivity index (χ2n) is 6.85. The topological polar surface area (TPSA) is 57.7 Å². The molecule has 0 saturated carbocycles. The summed E-state index contributed by atoms with van der Waals surface area (Å²) in [5, 5.41) is 3.49. The van der Waals surface area contributed by atoms with E-state index in [1.165, 1.54) is 0 Å². The number of hydrogen-bond donors (Lipinski definition) is 1. The Kier molecular flexibility index (Phi) is 6.19. The number of carbonyl (C=O) groups is 1. The van der Waals surface area contributed by atoms with Gasteiger partial charge >= 0.3 is 0 Å². The smallest absolute Gasteiger partial charge is 0.265 e. The summed E-state index contributed by atoms with van der Waals surface area (Å²) in [6.07, 6.45) is 1.05. The molecule has 0 spiro atoms. The molecule has 1 saturated heterocycles. The van der Waals surface area contributed by atoms with E-state index < -0.39 is 6.10 Å². The third-order valence-corrected chi connectivity index (χ3v) is 4.89. The lowest BCUT2D eigenvalue weighted by atomic mass is 10.2. The Morgan fingerprint density at radius 3 is 2.59 bits per heavy atom. The zero-order chi connectivity index (χ0) is 19.4. The number of nitrogens with one attached hydrogen (secondary N) is 1. The number of likely N-dealkylation sites (N-methyl/N-ethyl adjacent to an activating group) is 1. The van der Waals surface area contributed by atoms with E-state index in [-0.39, 0.29) is 5.91 Å². The van der Waals surface area contributed by atoms with E-state index in [0.717, 1.165) is 37.6 Å². The van der Waals surface area contributed by atoms with Gasteiger partial charge in [-0.3, -0.25) is 4.79 Å². The summed E-state index contributed by atoms with van der Waals surface area (Å²) >= 11 is 5.95. The monoisotopic (exact) mass is 388 g/mol. The summed E-state index contributed by atoms with van der Waals surface area (Å²) in [6.45, 7) is 7.58. The van der Waals surface area contributed by atoms with Crippen LogP contribution < -0.4 is 15.0 Å². The summed E-state index contributed by atoms with van der Waals surface area (Å²) in [7, 11) is 2.12. The molecule has 27 heavy (non-hydrogen) atoms. The standard InChI is InChI=1S/C20H25ClN4O2/c1-14-12-16(21)4-6-18(14)27-15(2)20(26)23-17-5-7-19(22-13-17)25-10-8-24(3)9-11-25/h4-7,12-13,15H,8-11H2,1-3H3,(H,23,26). The number of rotatable bonds is 5. The minimum Gasteiger partial charge on any atom is -0.481 e. The minimum absolute atomic E-state index is 0.224. The number of aryl methyl sites for hydroxylation is 1. The zero-order valence-corrected chi connectivity index (χ0v) is 16.7. The molecule has 1 aliphatic rings. The molecule has 2 aromatic rings. The molecule has 0 aliphatic carbocycles. The van der Waals surface area contributed by atoms with Gasteiger partial charge in [-0.05, 0) is 56.8 Å². The lowest BCUT2D eigenvalue weighted by molar-refractivity contribution is -0.122. The van der Waals surface area contributed by atoms with Gasteiger partial charge in [0, 0.05) is 31.2 Å². The molecule has 3 rings (SSSR count). The van der Waals surface area contributed by atoms with E-state index in [2.05, 4.69) is 27.1 Å². The van der Waals surface area contributed by atoms with Crippen LogP contribution in [0.2, 0.25) is 5.02 Å². The first-order valence-electron chi connectivity index (χ1n) is 9.05. The van der Waals surface area contributed by atoms with Gasteiger partial charge in [-0.15, -0.1) is 0 Å². The number of carbonyl (C=O) groups excluding carboxylic acids is 1. The summed E-state index contributed by atoms with van der Waals surface area (Å²) in [5.41, 5.74) is 1.54. The lowest BCUT2D eigenvalue weighted by Gasteiger charge is -2.33. The largest absolute Gasteiger partial charge is 0.481 e. The molecule has 6 nitrogen and oxygen atoms in total. The second kappa shape index (κ2) is 8.59. The summed E-state index contributed by atoms with van der Waals surface area (Å²) in [5.74, 6) is 1.35. The van der Waals surface area contributed by atoms with Crippen LogP contribution in [0.25, 0.3) is 0 Å². The Morgan fingerprint density at radius 1 is 1.22 bits per heavy atom. The molecule has 0 bridgehead atoms. The minimum atomic E-state index is -0.637. The van der Waals surface area contributed by atoms with Crippen LogP contribution in [0.3, 0.4) is 0 Å². The molecule has 2 heterocycles. The Labute approximate surface area is 165 Å². The molecule has 1 N–H and O–H groups in total. The molecule has 1 aromatic carbocycles. The number of aromatic nitrogens is 1. The first-order chi connectivity index (χ1) is 12.9. The Morgan fingerprint density at radius 2 is 1.96 bits per heavy atom. The first kappa shape index (κ1) is 19.5. The number of anilines is 2. The van der Waals surface area contributed by atoms with Crippen LogP contribution in [0.4, 0.5) is 11.5 Å².